The summed E-state index contributed by atoms with van der Waals surface area (Å²) in [4.78, 5) is 25.9. The summed E-state index contributed by atoms with van der Waals surface area (Å²) in [5, 5.41) is 10.6. The van der Waals surface area contributed by atoms with Crippen molar-refractivity contribution in [2.24, 2.45) is 9.98 Å². The molecule has 1 N–H and O–H groups in total. The number of carbonyl (C=O) groups excluding carboxylic acids is 1. The molecule has 0 saturated carbocycles. The Morgan fingerprint density at radius 1 is 0.951 bits per heavy atom. The zero-order chi connectivity index (χ0) is 27.9. The van der Waals surface area contributed by atoms with E-state index in [1.165, 1.54) is 4.88 Å². The van der Waals surface area contributed by atoms with Crippen LogP contribution in [0.15, 0.2) is 106 Å². The van der Waals surface area contributed by atoms with Gasteiger partial charge < -0.3 is 15.0 Å². The van der Waals surface area contributed by atoms with Gasteiger partial charge in [-0.25, -0.2) is 19.5 Å². The molecule has 1 atom stereocenters. The van der Waals surface area contributed by atoms with Crippen LogP contribution >= 0.6 is 11.3 Å². The van der Waals surface area contributed by atoms with E-state index in [1.807, 2.05) is 72.3 Å². The number of para-hydroxylation sites is 3. The van der Waals surface area contributed by atoms with Gasteiger partial charge in [0.25, 0.3) is 0 Å². The monoisotopic (exact) mass is 558 g/mol. The number of benzene rings is 3. The summed E-state index contributed by atoms with van der Waals surface area (Å²) >= 11 is 1.71. The lowest BCUT2D eigenvalue weighted by Gasteiger charge is -2.40. The minimum atomic E-state index is -0.346. The molecule has 8 nitrogen and oxygen atoms in total. The molecule has 0 aliphatic carbocycles. The summed E-state index contributed by atoms with van der Waals surface area (Å²) in [5.74, 6) is 1.74. The zero-order valence-electron chi connectivity index (χ0n) is 22.5. The SMILES string of the molecule is CCOC(=O)c1ccc(NC2=Nc3ccccc3N3C2=Nc2c(c(C)nn2-c2ccccc2)C3c2cccs2)cc1. The molecule has 4 heterocycles. The summed E-state index contributed by atoms with van der Waals surface area (Å²) in [6, 6.07) is 29.5. The Morgan fingerprint density at radius 2 is 1.73 bits per heavy atom. The molecule has 0 radical (unpaired) electrons. The second-order valence-corrected chi connectivity index (χ2v) is 10.6. The fourth-order valence-corrected chi connectivity index (χ4v) is 6.13. The highest BCUT2D eigenvalue weighted by atomic mass is 32.1. The smallest absolute Gasteiger partial charge is 0.338 e. The van der Waals surface area contributed by atoms with Gasteiger partial charge in [0.15, 0.2) is 17.5 Å². The third kappa shape index (κ3) is 4.31. The average Bonchev–Trinajstić information content (AvgIpc) is 3.66. The Kier molecular flexibility index (Phi) is 6.20. The van der Waals surface area contributed by atoms with Crippen molar-refractivity contribution >= 4 is 51.9 Å². The van der Waals surface area contributed by atoms with Gasteiger partial charge in [-0.3, -0.25) is 0 Å². The van der Waals surface area contributed by atoms with Crippen LogP contribution < -0.4 is 10.2 Å². The third-order valence-corrected chi connectivity index (χ3v) is 8.04. The predicted octanol–water partition coefficient (Wildman–Crippen LogP) is 7.21. The maximum Gasteiger partial charge on any atom is 0.338 e. The van der Waals surface area contributed by atoms with E-state index in [1.54, 1.807) is 30.4 Å². The van der Waals surface area contributed by atoms with E-state index in [0.29, 0.717) is 23.8 Å². The summed E-state index contributed by atoms with van der Waals surface area (Å²) in [5.41, 5.74) is 6.03. The molecule has 2 aromatic heterocycles. The van der Waals surface area contributed by atoms with Gasteiger partial charge in [-0.2, -0.15) is 5.10 Å². The van der Waals surface area contributed by atoms with Gasteiger partial charge in [-0.15, -0.1) is 11.3 Å². The molecule has 0 bridgehead atoms. The van der Waals surface area contributed by atoms with Gasteiger partial charge in [-0.05, 0) is 73.8 Å². The number of aliphatic imine (C=N–C) groups is 2. The number of amidine groups is 2. The van der Waals surface area contributed by atoms with E-state index in [-0.39, 0.29) is 12.0 Å². The van der Waals surface area contributed by atoms with Crippen molar-refractivity contribution in [3.05, 3.63) is 118 Å². The fraction of sp³-hybridized carbons (Fsp3) is 0.125. The molecule has 7 rings (SSSR count). The standard InChI is InChI=1S/C32H26N6O2S/c1-3-40-32(39)21-15-17-22(18-16-21)33-29-31-35-30-27(20(2)36-38(30)23-10-5-4-6-11-23)28(26-14-9-19-41-26)37(31)25-13-8-7-12-24(25)34-29/h4-19,28H,3H2,1-2H3,(H,33,34). The number of nitrogens with one attached hydrogen (secondary N) is 1. The van der Waals surface area contributed by atoms with Crippen LogP contribution in [0.1, 0.15) is 39.5 Å². The van der Waals surface area contributed by atoms with Crippen molar-refractivity contribution < 1.29 is 9.53 Å². The number of ether oxygens (including phenoxy) is 1. The van der Waals surface area contributed by atoms with Gasteiger partial charge in [-0.1, -0.05) is 36.4 Å². The Hall–Kier alpha value is -5.02. The lowest BCUT2D eigenvalue weighted by atomic mass is 9.98. The quantitative estimate of drug-likeness (QED) is 0.230. The molecule has 3 aromatic carbocycles. The van der Waals surface area contributed by atoms with E-state index in [2.05, 4.69) is 33.8 Å². The van der Waals surface area contributed by atoms with Crippen LogP contribution in [0, 0.1) is 6.92 Å². The van der Waals surface area contributed by atoms with Crippen LogP contribution in [0.3, 0.4) is 0 Å². The largest absolute Gasteiger partial charge is 0.462 e. The number of nitrogens with zero attached hydrogens (tertiary/aromatic N) is 5. The molecule has 0 fully saturated rings. The minimum Gasteiger partial charge on any atom is -0.462 e. The first-order valence-electron chi connectivity index (χ1n) is 13.4. The van der Waals surface area contributed by atoms with Crippen molar-refractivity contribution in [3.63, 3.8) is 0 Å². The van der Waals surface area contributed by atoms with Crippen molar-refractivity contribution in [2.45, 2.75) is 19.9 Å². The van der Waals surface area contributed by atoms with Crippen LogP contribution in [0.25, 0.3) is 5.69 Å². The van der Waals surface area contributed by atoms with Crippen LogP contribution in [-0.2, 0) is 4.74 Å². The number of aromatic nitrogens is 2. The number of hydrogen-bond donors (Lipinski definition) is 1. The van der Waals surface area contributed by atoms with Crippen molar-refractivity contribution in [1.29, 1.82) is 0 Å². The Balaban J connectivity index is 1.40. The van der Waals surface area contributed by atoms with E-state index < -0.39 is 0 Å². The van der Waals surface area contributed by atoms with Gasteiger partial charge in [0.2, 0.25) is 0 Å². The number of hydrogen-bond acceptors (Lipinski definition) is 8. The first-order valence-corrected chi connectivity index (χ1v) is 14.3. The number of carbonyl (C=O) groups is 1. The fourth-order valence-electron chi connectivity index (χ4n) is 5.30. The van der Waals surface area contributed by atoms with Gasteiger partial charge in [0, 0.05) is 16.1 Å². The Bertz CT molecular complexity index is 1810. The molecule has 202 valence electrons. The molecule has 0 amide bonds. The summed E-state index contributed by atoms with van der Waals surface area (Å²) < 4.78 is 7.06. The van der Waals surface area contributed by atoms with Gasteiger partial charge in [0.05, 0.1) is 34.9 Å². The number of fused-ring (bicyclic) bond motifs is 4. The molecule has 5 aromatic rings. The highest BCUT2D eigenvalue weighted by molar-refractivity contribution is 7.10. The van der Waals surface area contributed by atoms with E-state index in [4.69, 9.17) is 19.8 Å². The van der Waals surface area contributed by atoms with Crippen molar-refractivity contribution in [1.82, 2.24) is 9.78 Å². The van der Waals surface area contributed by atoms with Gasteiger partial charge >= 0.3 is 5.97 Å². The normalized spacial score (nSPS) is 15.3. The first-order chi connectivity index (χ1) is 20.1. The molecular weight excluding hydrogens is 532 g/mol. The highest BCUT2D eigenvalue weighted by Crippen LogP contribution is 2.49. The third-order valence-electron chi connectivity index (χ3n) is 7.11. The number of thiophene rings is 1. The minimum absolute atomic E-state index is 0.144. The molecule has 0 spiro atoms. The van der Waals surface area contributed by atoms with Crippen LogP contribution in [-0.4, -0.2) is 34.0 Å². The molecule has 2 aliphatic heterocycles. The Labute approximate surface area is 241 Å². The summed E-state index contributed by atoms with van der Waals surface area (Å²) in [6.07, 6.45) is 0. The highest BCUT2D eigenvalue weighted by Gasteiger charge is 2.41. The first kappa shape index (κ1) is 25.0. The lowest BCUT2D eigenvalue weighted by Crippen LogP contribution is -2.46. The van der Waals surface area contributed by atoms with E-state index in [9.17, 15) is 4.79 Å². The number of rotatable bonds is 5. The Morgan fingerprint density at radius 3 is 2.49 bits per heavy atom. The lowest BCUT2D eigenvalue weighted by molar-refractivity contribution is 0.0526. The molecule has 0 saturated heterocycles. The number of anilines is 2. The second kappa shape index (κ2) is 10.2. The van der Waals surface area contributed by atoms with Crippen LogP contribution in [0.5, 0.6) is 0 Å². The van der Waals surface area contributed by atoms with Gasteiger partial charge in [0.1, 0.15) is 6.04 Å². The van der Waals surface area contributed by atoms with E-state index in [0.717, 1.165) is 39.8 Å². The number of aryl methyl sites for hydroxylation is 1. The van der Waals surface area contributed by atoms with Crippen LogP contribution in [0.4, 0.5) is 22.9 Å². The predicted molar refractivity (Wildman–Crippen MR) is 164 cm³/mol. The second-order valence-electron chi connectivity index (χ2n) is 9.67. The van der Waals surface area contributed by atoms with Crippen LogP contribution in [0.2, 0.25) is 0 Å². The average molecular weight is 559 g/mol. The molecular formula is C32H26N6O2S. The van der Waals surface area contributed by atoms with E-state index >= 15 is 0 Å². The summed E-state index contributed by atoms with van der Waals surface area (Å²) in [7, 11) is 0. The number of esters is 1. The molecule has 41 heavy (non-hydrogen) atoms. The maximum atomic E-state index is 12.2. The molecule has 9 heteroatoms. The van der Waals surface area contributed by atoms with Crippen molar-refractivity contribution in [3.8, 4) is 5.69 Å². The molecule has 2 aliphatic rings. The topological polar surface area (TPSA) is 84.1 Å². The maximum absolute atomic E-state index is 12.2. The zero-order valence-corrected chi connectivity index (χ0v) is 23.3. The summed E-state index contributed by atoms with van der Waals surface area (Å²) in [6.45, 7) is 4.17. The molecule has 1 unspecified atom stereocenters. The van der Waals surface area contributed by atoms with Crippen molar-refractivity contribution in [2.75, 3.05) is 16.8 Å².